The molecule has 0 aliphatic heterocycles. The van der Waals surface area contributed by atoms with Gasteiger partial charge in [0, 0.05) is 45.0 Å². The number of nitrogens with zero attached hydrogens (tertiary/aromatic N) is 2. The summed E-state index contributed by atoms with van der Waals surface area (Å²) < 4.78 is 0. The highest BCUT2D eigenvalue weighted by Crippen LogP contribution is 2.58. The molecule has 2 nitrogen and oxygen atoms in total. The van der Waals surface area contributed by atoms with Crippen LogP contribution in [-0.4, -0.2) is 0 Å². The van der Waals surface area contributed by atoms with Crippen LogP contribution >= 0.6 is 0 Å². The average molecular weight is 1200 g/mol. The smallest absolute Gasteiger partial charge is 0.0465 e. The summed E-state index contributed by atoms with van der Waals surface area (Å²) in [5.41, 5.74) is 25.7. The standard InChI is InChI=1S/C88H112N2/c1-9-14-18-22-26-32-60-87(61-33-27-23-19-15-10-2)83-37-31-30-36-79(83)80-57-46-72(64-84(80)87)71-44-53-76(54-45-71)90(74-49-40-68(7)41-50-74)78-56-59-82-81-58-55-77(89(73-47-38-67(6)39-48-73)75-51-42-70(43-52-75)69(8)13-5)65-85(81)88(86(82)66-78,62-34-28-24-20-16-11-3)63-35-29-25-21-17-12-4/h30-31,36-59,64-66,69H,9-29,32-35,60-63H2,1-8H3. The Labute approximate surface area is 547 Å². The maximum absolute atomic E-state index is 2.66. The molecule has 0 aromatic heterocycles. The molecule has 0 radical (unpaired) electrons. The van der Waals surface area contributed by atoms with E-state index in [-0.39, 0.29) is 10.8 Å². The molecule has 0 saturated carbocycles. The Hall–Kier alpha value is -6.64. The minimum atomic E-state index is -0.138. The van der Waals surface area contributed by atoms with Crippen molar-refractivity contribution in [2.75, 3.05) is 9.80 Å². The summed E-state index contributed by atoms with van der Waals surface area (Å²) in [6.45, 7) is 18.4. The molecule has 474 valence electrons. The Morgan fingerprint density at radius 1 is 0.289 bits per heavy atom. The van der Waals surface area contributed by atoms with Crippen molar-refractivity contribution in [3.05, 3.63) is 215 Å². The van der Waals surface area contributed by atoms with E-state index in [2.05, 4.69) is 241 Å². The van der Waals surface area contributed by atoms with Gasteiger partial charge in [0.05, 0.1) is 0 Å². The molecule has 0 N–H and O–H groups in total. The van der Waals surface area contributed by atoms with Gasteiger partial charge in [0.15, 0.2) is 0 Å². The summed E-state index contributed by atoms with van der Waals surface area (Å²) in [5.74, 6) is 0.524. The number of hydrogen-bond donors (Lipinski definition) is 0. The molecular weight excluding hydrogens is 1080 g/mol. The predicted molar refractivity (Wildman–Crippen MR) is 394 cm³/mol. The SMILES string of the molecule is CCCCCCCCC1(CCCCCCCC)c2ccccc2-c2ccc(-c3ccc(N(c4ccc(C)cc4)c4ccc5c(c4)C(CCCCCCCC)(CCCCCCCC)c4cc(N(c6ccc(C)cc6)c6ccc(C(C)CC)cc6)ccc4-5)cc3)cc21. The fourth-order valence-electron chi connectivity index (χ4n) is 15.8. The molecule has 0 saturated heterocycles. The molecule has 8 aromatic carbocycles. The van der Waals surface area contributed by atoms with Crippen molar-refractivity contribution >= 4 is 34.1 Å². The van der Waals surface area contributed by atoms with E-state index >= 15 is 0 Å². The van der Waals surface area contributed by atoms with Gasteiger partial charge in [0.25, 0.3) is 0 Å². The van der Waals surface area contributed by atoms with Crippen LogP contribution in [-0.2, 0) is 10.8 Å². The molecule has 1 unspecified atom stereocenters. The Bertz CT molecular complexity index is 3440. The summed E-state index contributed by atoms with van der Waals surface area (Å²) in [5, 5.41) is 0. The number of fused-ring (bicyclic) bond motifs is 6. The number of hydrogen-bond acceptors (Lipinski definition) is 2. The second-order valence-corrected chi connectivity index (χ2v) is 27.8. The highest BCUT2D eigenvalue weighted by Gasteiger charge is 2.44. The molecule has 2 heteroatoms. The van der Waals surface area contributed by atoms with Crippen molar-refractivity contribution in [3.63, 3.8) is 0 Å². The van der Waals surface area contributed by atoms with Gasteiger partial charge in [-0.25, -0.2) is 0 Å². The number of aryl methyl sites for hydroxylation is 2. The lowest BCUT2D eigenvalue weighted by Gasteiger charge is -2.35. The molecular formula is C88H112N2. The Morgan fingerprint density at radius 2 is 0.600 bits per heavy atom. The van der Waals surface area contributed by atoms with Crippen molar-refractivity contribution in [2.45, 2.75) is 258 Å². The number of unbranched alkanes of at least 4 members (excludes halogenated alkanes) is 20. The molecule has 0 heterocycles. The summed E-state index contributed by atoms with van der Waals surface area (Å²) in [6, 6.07) is 69.9. The third-order valence-corrected chi connectivity index (χ3v) is 21.3. The third-order valence-electron chi connectivity index (χ3n) is 21.3. The van der Waals surface area contributed by atoms with Crippen molar-refractivity contribution < 1.29 is 0 Å². The van der Waals surface area contributed by atoms with E-state index in [4.69, 9.17) is 0 Å². The lowest BCUT2D eigenvalue weighted by Crippen LogP contribution is -2.26. The number of anilines is 6. The van der Waals surface area contributed by atoms with Crippen LogP contribution in [0.15, 0.2) is 176 Å². The first kappa shape index (κ1) is 66.3. The first-order chi connectivity index (χ1) is 44.2. The van der Waals surface area contributed by atoms with Gasteiger partial charge in [0.2, 0.25) is 0 Å². The Morgan fingerprint density at radius 3 is 1.01 bits per heavy atom. The van der Waals surface area contributed by atoms with Crippen molar-refractivity contribution in [3.8, 4) is 33.4 Å². The lowest BCUT2D eigenvalue weighted by molar-refractivity contribution is 0.398. The van der Waals surface area contributed by atoms with Crippen LogP contribution in [0.2, 0.25) is 0 Å². The molecule has 0 fully saturated rings. The monoisotopic (exact) mass is 1200 g/mol. The zero-order valence-corrected chi connectivity index (χ0v) is 57.2. The normalized spacial score (nSPS) is 13.6. The van der Waals surface area contributed by atoms with Gasteiger partial charge in [-0.1, -0.05) is 304 Å². The summed E-state index contributed by atoms with van der Waals surface area (Å²) in [6.07, 6.45) is 37.3. The predicted octanol–water partition coefficient (Wildman–Crippen LogP) is 28.0. The lowest BCUT2D eigenvalue weighted by atomic mass is 9.70. The van der Waals surface area contributed by atoms with Crippen molar-refractivity contribution in [1.29, 1.82) is 0 Å². The van der Waals surface area contributed by atoms with Crippen LogP contribution in [0.5, 0.6) is 0 Å². The molecule has 8 aromatic rings. The molecule has 0 bridgehead atoms. The Kier molecular flexibility index (Phi) is 24.0. The van der Waals surface area contributed by atoms with E-state index in [1.165, 1.54) is 262 Å². The summed E-state index contributed by atoms with van der Waals surface area (Å²) in [7, 11) is 0. The molecule has 1 atom stereocenters. The minimum absolute atomic E-state index is 0.0491. The maximum atomic E-state index is 2.66. The third kappa shape index (κ3) is 15.3. The molecule has 90 heavy (non-hydrogen) atoms. The highest BCUT2D eigenvalue weighted by molar-refractivity contribution is 5.90. The fourth-order valence-corrected chi connectivity index (χ4v) is 15.8. The first-order valence-corrected chi connectivity index (χ1v) is 36.6. The van der Waals surface area contributed by atoms with E-state index in [0.29, 0.717) is 5.92 Å². The van der Waals surface area contributed by atoms with E-state index in [9.17, 15) is 0 Å². The summed E-state index contributed by atoms with van der Waals surface area (Å²) in [4.78, 5) is 5.09. The summed E-state index contributed by atoms with van der Waals surface area (Å²) >= 11 is 0. The number of rotatable bonds is 37. The molecule has 2 aliphatic rings. The van der Waals surface area contributed by atoms with Crippen LogP contribution in [0.1, 0.15) is 273 Å². The second-order valence-electron chi connectivity index (χ2n) is 27.8. The van der Waals surface area contributed by atoms with Crippen LogP contribution in [0.25, 0.3) is 33.4 Å². The van der Waals surface area contributed by atoms with Crippen LogP contribution in [0, 0.1) is 13.8 Å². The van der Waals surface area contributed by atoms with E-state index in [1.54, 1.807) is 11.1 Å². The average Bonchev–Trinajstić information content (AvgIpc) is 1.57. The number of benzene rings is 8. The van der Waals surface area contributed by atoms with Crippen LogP contribution in [0.4, 0.5) is 34.1 Å². The van der Waals surface area contributed by atoms with Gasteiger partial charge in [-0.2, -0.15) is 0 Å². The van der Waals surface area contributed by atoms with Crippen LogP contribution in [0.3, 0.4) is 0 Å². The van der Waals surface area contributed by atoms with Gasteiger partial charge in [-0.15, -0.1) is 0 Å². The fraction of sp³-hybridized carbons (Fsp3) is 0.455. The molecule has 2 aliphatic carbocycles. The van der Waals surface area contributed by atoms with Crippen molar-refractivity contribution in [2.24, 2.45) is 0 Å². The van der Waals surface area contributed by atoms with E-state index in [0.717, 1.165) is 19.3 Å². The van der Waals surface area contributed by atoms with Gasteiger partial charge in [0.1, 0.15) is 0 Å². The van der Waals surface area contributed by atoms with Crippen molar-refractivity contribution in [1.82, 2.24) is 0 Å². The second kappa shape index (κ2) is 32.6. The zero-order chi connectivity index (χ0) is 62.7. The van der Waals surface area contributed by atoms with Gasteiger partial charge in [-0.3, -0.25) is 0 Å². The van der Waals surface area contributed by atoms with Gasteiger partial charge < -0.3 is 9.80 Å². The molecule has 0 spiro atoms. The maximum Gasteiger partial charge on any atom is 0.0465 e. The molecule has 10 rings (SSSR count). The zero-order valence-electron chi connectivity index (χ0n) is 57.2. The Balaban J connectivity index is 1.06. The van der Waals surface area contributed by atoms with Crippen LogP contribution < -0.4 is 9.80 Å². The van der Waals surface area contributed by atoms with E-state index in [1.807, 2.05) is 0 Å². The van der Waals surface area contributed by atoms with Gasteiger partial charge in [-0.05, 0) is 192 Å². The largest absolute Gasteiger partial charge is 0.310 e. The van der Waals surface area contributed by atoms with Gasteiger partial charge >= 0.3 is 0 Å². The topological polar surface area (TPSA) is 6.48 Å². The minimum Gasteiger partial charge on any atom is -0.310 e. The highest BCUT2D eigenvalue weighted by atomic mass is 15.1. The first-order valence-electron chi connectivity index (χ1n) is 36.6. The van der Waals surface area contributed by atoms with E-state index < -0.39 is 0 Å². The quantitative estimate of drug-likeness (QED) is 0.0358. The molecule has 0 amide bonds.